The number of alkyl halides is 2. The number of methoxy groups -OCH3 is 1. The lowest BCUT2D eigenvalue weighted by molar-refractivity contribution is -0.0505. The SMILES string of the molecule is COc1ccccc1CNCc1cc(Br)ccc1OC(F)F. The van der Waals surface area contributed by atoms with Crippen molar-refractivity contribution in [3.05, 3.63) is 58.1 Å². The largest absolute Gasteiger partial charge is 0.496 e. The van der Waals surface area contributed by atoms with Crippen molar-refractivity contribution in [1.82, 2.24) is 5.32 Å². The van der Waals surface area contributed by atoms with Crippen molar-refractivity contribution in [2.75, 3.05) is 7.11 Å². The van der Waals surface area contributed by atoms with E-state index < -0.39 is 6.61 Å². The third kappa shape index (κ3) is 4.68. The van der Waals surface area contributed by atoms with Crippen LogP contribution in [0.1, 0.15) is 11.1 Å². The van der Waals surface area contributed by atoms with Gasteiger partial charge < -0.3 is 14.8 Å². The number of hydrogen-bond acceptors (Lipinski definition) is 3. The number of nitrogens with one attached hydrogen (secondary N) is 1. The van der Waals surface area contributed by atoms with Gasteiger partial charge in [0.25, 0.3) is 0 Å². The lowest BCUT2D eigenvalue weighted by Gasteiger charge is -2.13. The molecule has 6 heteroatoms. The molecule has 0 radical (unpaired) electrons. The van der Waals surface area contributed by atoms with Crippen LogP contribution in [-0.4, -0.2) is 13.7 Å². The Bertz CT molecular complexity index is 623. The van der Waals surface area contributed by atoms with E-state index in [9.17, 15) is 8.78 Å². The second kappa shape index (κ2) is 8.10. The maximum absolute atomic E-state index is 12.4. The van der Waals surface area contributed by atoms with Crippen LogP contribution >= 0.6 is 15.9 Å². The van der Waals surface area contributed by atoms with Gasteiger partial charge in [-0.3, -0.25) is 0 Å². The van der Waals surface area contributed by atoms with E-state index in [-0.39, 0.29) is 5.75 Å². The standard InChI is InChI=1S/C16H16BrF2NO2/c1-21-14-5-3-2-4-11(14)9-20-10-12-8-13(17)6-7-15(12)22-16(18)19/h2-8,16,20H,9-10H2,1H3. The molecule has 0 saturated carbocycles. The molecule has 0 saturated heterocycles. The average molecular weight is 372 g/mol. The van der Waals surface area contributed by atoms with E-state index in [0.29, 0.717) is 18.7 Å². The summed E-state index contributed by atoms with van der Waals surface area (Å²) in [6.45, 7) is -1.88. The number of para-hydroxylation sites is 1. The molecule has 0 aliphatic rings. The third-order valence-electron chi connectivity index (χ3n) is 3.06. The van der Waals surface area contributed by atoms with E-state index in [2.05, 4.69) is 26.0 Å². The van der Waals surface area contributed by atoms with Crippen LogP contribution in [0.2, 0.25) is 0 Å². The predicted molar refractivity (Wildman–Crippen MR) is 84.3 cm³/mol. The Morgan fingerprint density at radius 1 is 1.05 bits per heavy atom. The minimum absolute atomic E-state index is 0.172. The fourth-order valence-electron chi connectivity index (χ4n) is 2.08. The molecule has 3 nitrogen and oxygen atoms in total. The van der Waals surface area contributed by atoms with Crippen molar-refractivity contribution >= 4 is 15.9 Å². The molecule has 1 N–H and O–H groups in total. The third-order valence-corrected chi connectivity index (χ3v) is 3.56. The Balaban J connectivity index is 2.03. The molecule has 2 aromatic rings. The average Bonchev–Trinajstić information content (AvgIpc) is 2.50. The highest BCUT2D eigenvalue weighted by atomic mass is 79.9. The summed E-state index contributed by atoms with van der Waals surface area (Å²) >= 11 is 3.33. The molecular formula is C16H16BrF2NO2. The first-order valence-electron chi connectivity index (χ1n) is 6.66. The fourth-order valence-corrected chi connectivity index (χ4v) is 2.49. The molecule has 2 rings (SSSR count). The van der Waals surface area contributed by atoms with Gasteiger partial charge in [-0.25, -0.2) is 0 Å². The van der Waals surface area contributed by atoms with Crippen LogP contribution in [0.3, 0.4) is 0 Å². The Morgan fingerprint density at radius 3 is 2.50 bits per heavy atom. The second-order valence-electron chi connectivity index (χ2n) is 4.55. The number of halogens is 3. The zero-order valence-corrected chi connectivity index (χ0v) is 13.6. The van der Waals surface area contributed by atoms with E-state index in [1.165, 1.54) is 6.07 Å². The summed E-state index contributed by atoms with van der Waals surface area (Å²) in [5, 5.41) is 3.21. The van der Waals surface area contributed by atoms with E-state index in [1.807, 2.05) is 24.3 Å². The van der Waals surface area contributed by atoms with Gasteiger partial charge in [0, 0.05) is 28.7 Å². The molecular weight excluding hydrogens is 356 g/mol. The van der Waals surface area contributed by atoms with Crippen LogP contribution in [0.5, 0.6) is 11.5 Å². The van der Waals surface area contributed by atoms with E-state index in [4.69, 9.17) is 4.74 Å². The second-order valence-corrected chi connectivity index (χ2v) is 5.46. The maximum Gasteiger partial charge on any atom is 0.387 e. The molecule has 22 heavy (non-hydrogen) atoms. The van der Waals surface area contributed by atoms with Crippen molar-refractivity contribution in [3.8, 4) is 11.5 Å². The molecule has 0 amide bonds. The molecule has 0 bridgehead atoms. The van der Waals surface area contributed by atoms with Crippen LogP contribution < -0.4 is 14.8 Å². The number of hydrogen-bond donors (Lipinski definition) is 1. The van der Waals surface area contributed by atoms with Crippen LogP contribution in [0, 0.1) is 0 Å². The van der Waals surface area contributed by atoms with Gasteiger partial charge in [-0.15, -0.1) is 0 Å². The Kier molecular flexibility index (Phi) is 6.15. The molecule has 0 atom stereocenters. The summed E-state index contributed by atoms with van der Waals surface area (Å²) in [7, 11) is 1.61. The zero-order valence-electron chi connectivity index (χ0n) is 12.0. The first-order valence-corrected chi connectivity index (χ1v) is 7.45. The lowest BCUT2D eigenvalue weighted by atomic mass is 10.1. The minimum Gasteiger partial charge on any atom is -0.496 e. The Labute approximate surface area is 136 Å². The summed E-state index contributed by atoms with van der Waals surface area (Å²) in [6, 6.07) is 12.6. The van der Waals surface area contributed by atoms with Crippen LogP contribution in [0.4, 0.5) is 8.78 Å². The van der Waals surface area contributed by atoms with Crippen LogP contribution in [0.25, 0.3) is 0 Å². The molecule has 0 heterocycles. The molecule has 0 aliphatic heterocycles. The lowest BCUT2D eigenvalue weighted by Crippen LogP contribution is -2.15. The van der Waals surface area contributed by atoms with Gasteiger partial charge >= 0.3 is 6.61 Å². The van der Waals surface area contributed by atoms with Crippen LogP contribution in [0.15, 0.2) is 46.9 Å². The molecule has 0 aromatic heterocycles. The highest BCUT2D eigenvalue weighted by Gasteiger charge is 2.10. The van der Waals surface area contributed by atoms with Crippen molar-refractivity contribution in [1.29, 1.82) is 0 Å². The van der Waals surface area contributed by atoms with Gasteiger partial charge in [-0.05, 0) is 24.3 Å². The summed E-state index contributed by atoms with van der Waals surface area (Å²) in [5.41, 5.74) is 1.65. The molecule has 2 aromatic carbocycles. The summed E-state index contributed by atoms with van der Waals surface area (Å²) in [4.78, 5) is 0. The van der Waals surface area contributed by atoms with Crippen molar-refractivity contribution < 1.29 is 18.3 Å². The Hall–Kier alpha value is -1.66. The van der Waals surface area contributed by atoms with Crippen molar-refractivity contribution in [2.24, 2.45) is 0 Å². The monoisotopic (exact) mass is 371 g/mol. The molecule has 0 aliphatic carbocycles. The van der Waals surface area contributed by atoms with E-state index in [1.54, 1.807) is 19.2 Å². The van der Waals surface area contributed by atoms with Crippen molar-refractivity contribution in [3.63, 3.8) is 0 Å². The molecule has 0 unspecified atom stereocenters. The van der Waals surface area contributed by atoms with Gasteiger partial charge in [0.15, 0.2) is 0 Å². The number of ether oxygens (including phenoxy) is 2. The summed E-state index contributed by atoms with van der Waals surface area (Å²) in [6.07, 6.45) is 0. The fraction of sp³-hybridized carbons (Fsp3) is 0.250. The van der Waals surface area contributed by atoms with Gasteiger partial charge in [-0.2, -0.15) is 8.78 Å². The quantitative estimate of drug-likeness (QED) is 0.784. The predicted octanol–water partition coefficient (Wildman–Crippen LogP) is 4.35. The van der Waals surface area contributed by atoms with Gasteiger partial charge in [0.1, 0.15) is 11.5 Å². The smallest absolute Gasteiger partial charge is 0.387 e. The van der Waals surface area contributed by atoms with Crippen molar-refractivity contribution in [2.45, 2.75) is 19.7 Å². The van der Waals surface area contributed by atoms with Crippen LogP contribution in [-0.2, 0) is 13.1 Å². The van der Waals surface area contributed by atoms with Gasteiger partial charge in [-0.1, -0.05) is 34.1 Å². The number of rotatable bonds is 7. The topological polar surface area (TPSA) is 30.5 Å². The number of benzene rings is 2. The van der Waals surface area contributed by atoms with Gasteiger partial charge in [0.2, 0.25) is 0 Å². The summed E-state index contributed by atoms with van der Waals surface area (Å²) in [5.74, 6) is 0.957. The minimum atomic E-state index is -2.84. The zero-order chi connectivity index (χ0) is 15.9. The molecule has 118 valence electrons. The van der Waals surface area contributed by atoms with E-state index >= 15 is 0 Å². The van der Waals surface area contributed by atoms with Gasteiger partial charge in [0.05, 0.1) is 7.11 Å². The first-order chi connectivity index (χ1) is 10.6. The highest BCUT2D eigenvalue weighted by Crippen LogP contribution is 2.25. The molecule has 0 fully saturated rings. The Morgan fingerprint density at radius 2 is 1.77 bits per heavy atom. The van der Waals surface area contributed by atoms with E-state index in [0.717, 1.165) is 15.8 Å². The molecule has 0 spiro atoms. The summed E-state index contributed by atoms with van der Waals surface area (Å²) < 4.78 is 35.4. The highest BCUT2D eigenvalue weighted by molar-refractivity contribution is 9.10. The normalized spacial score (nSPS) is 10.8. The first kappa shape index (κ1) is 16.7. The maximum atomic E-state index is 12.4.